The number of benzene rings is 1. The van der Waals surface area contributed by atoms with Crippen LogP contribution in [-0.2, 0) is 11.3 Å². The first-order chi connectivity index (χ1) is 11.7. The number of rotatable bonds is 5. The maximum Gasteiger partial charge on any atom is 0.373 e. The van der Waals surface area contributed by atoms with Gasteiger partial charge < -0.3 is 18.8 Å². The minimum atomic E-state index is -0.441. The molecular formula is C18H22N2O4. The zero-order valence-electron chi connectivity index (χ0n) is 14.0. The normalized spacial score (nSPS) is 15.3. The maximum atomic E-state index is 11.4. The van der Waals surface area contributed by atoms with Gasteiger partial charge in [0.2, 0.25) is 5.76 Å². The maximum absolute atomic E-state index is 11.4. The van der Waals surface area contributed by atoms with Crippen molar-refractivity contribution in [2.75, 3.05) is 45.3 Å². The molecule has 6 heteroatoms. The van der Waals surface area contributed by atoms with Crippen LogP contribution in [0, 0.1) is 0 Å². The molecule has 1 aliphatic rings. The smallest absolute Gasteiger partial charge is 0.373 e. The summed E-state index contributed by atoms with van der Waals surface area (Å²) >= 11 is 0. The lowest BCUT2D eigenvalue weighted by Crippen LogP contribution is -2.45. The van der Waals surface area contributed by atoms with Crippen LogP contribution in [0.5, 0.6) is 5.75 Å². The van der Waals surface area contributed by atoms with Gasteiger partial charge in [-0.1, -0.05) is 6.07 Å². The summed E-state index contributed by atoms with van der Waals surface area (Å²) in [5.41, 5.74) is 1.18. The summed E-state index contributed by atoms with van der Waals surface area (Å²) in [5, 5.41) is 0. The van der Waals surface area contributed by atoms with Gasteiger partial charge in [0.1, 0.15) is 11.5 Å². The Kier molecular flexibility index (Phi) is 5.05. The number of methoxy groups -OCH3 is 2. The van der Waals surface area contributed by atoms with Gasteiger partial charge in [-0.05, 0) is 24.3 Å². The van der Waals surface area contributed by atoms with Crippen LogP contribution >= 0.6 is 0 Å². The van der Waals surface area contributed by atoms with Crippen molar-refractivity contribution in [3.05, 3.63) is 47.9 Å². The molecule has 0 N–H and O–H groups in total. The Balaban J connectivity index is 1.55. The average Bonchev–Trinajstić information content (AvgIpc) is 3.10. The summed E-state index contributed by atoms with van der Waals surface area (Å²) in [6, 6.07) is 11.6. The minimum Gasteiger partial charge on any atom is -0.497 e. The van der Waals surface area contributed by atoms with Crippen LogP contribution in [-0.4, -0.2) is 51.3 Å². The highest BCUT2D eigenvalue weighted by Gasteiger charge is 2.19. The largest absolute Gasteiger partial charge is 0.497 e. The van der Waals surface area contributed by atoms with E-state index in [1.54, 1.807) is 13.2 Å². The predicted octanol–water partition coefficient (Wildman–Crippen LogP) is 2.40. The third-order valence-corrected chi connectivity index (χ3v) is 4.22. The third-order valence-electron chi connectivity index (χ3n) is 4.22. The van der Waals surface area contributed by atoms with E-state index in [1.165, 1.54) is 12.8 Å². The van der Waals surface area contributed by atoms with Gasteiger partial charge in [-0.3, -0.25) is 4.90 Å². The molecule has 2 heterocycles. The van der Waals surface area contributed by atoms with Crippen molar-refractivity contribution in [3.63, 3.8) is 0 Å². The predicted molar refractivity (Wildman–Crippen MR) is 90.5 cm³/mol. The molecule has 0 atom stereocenters. The van der Waals surface area contributed by atoms with E-state index in [-0.39, 0.29) is 5.76 Å². The van der Waals surface area contributed by atoms with Crippen molar-refractivity contribution in [1.29, 1.82) is 0 Å². The van der Waals surface area contributed by atoms with Gasteiger partial charge in [-0.15, -0.1) is 0 Å². The molecule has 24 heavy (non-hydrogen) atoms. The summed E-state index contributed by atoms with van der Waals surface area (Å²) in [5.74, 6) is 1.47. The summed E-state index contributed by atoms with van der Waals surface area (Å²) in [6.45, 7) is 4.45. The van der Waals surface area contributed by atoms with E-state index in [9.17, 15) is 4.79 Å². The summed E-state index contributed by atoms with van der Waals surface area (Å²) in [6.07, 6.45) is 0. The zero-order chi connectivity index (χ0) is 16.9. The molecule has 3 rings (SSSR count). The Morgan fingerprint density at radius 1 is 1.12 bits per heavy atom. The highest BCUT2D eigenvalue weighted by atomic mass is 16.5. The molecule has 2 aromatic rings. The van der Waals surface area contributed by atoms with E-state index in [0.717, 1.165) is 37.7 Å². The van der Waals surface area contributed by atoms with Gasteiger partial charge in [0, 0.05) is 37.9 Å². The lowest BCUT2D eigenvalue weighted by Gasteiger charge is -2.35. The molecule has 128 valence electrons. The number of ether oxygens (including phenoxy) is 2. The van der Waals surface area contributed by atoms with E-state index >= 15 is 0 Å². The van der Waals surface area contributed by atoms with Crippen molar-refractivity contribution in [2.45, 2.75) is 6.54 Å². The van der Waals surface area contributed by atoms with E-state index in [2.05, 4.69) is 26.7 Å². The number of piperazine rings is 1. The van der Waals surface area contributed by atoms with Crippen molar-refractivity contribution in [2.24, 2.45) is 0 Å². The lowest BCUT2D eigenvalue weighted by atomic mass is 10.2. The monoisotopic (exact) mass is 330 g/mol. The standard InChI is InChI=1S/C18H22N2O4/c1-22-15-5-3-4-14(12-15)20-10-8-19(9-11-20)13-16-6-7-17(24-16)18(21)23-2/h3-7,12H,8-11,13H2,1-2H3. The first kappa shape index (κ1) is 16.4. The van der Waals surface area contributed by atoms with Crippen molar-refractivity contribution in [1.82, 2.24) is 4.90 Å². The number of carbonyl (C=O) groups is 1. The molecule has 6 nitrogen and oxygen atoms in total. The van der Waals surface area contributed by atoms with Gasteiger partial charge in [-0.2, -0.15) is 0 Å². The Labute approximate surface area is 141 Å². The Morgan fingerprint density at radius 2 is 1.92 bits per heavy atom. The molecule has 0 saturated carbocycles. The second-order valence-corrected chi connectivity index (χ2v) is 5.72. The number of hydrogen-bond acceptors (Lipinski definition) is 6. The molecule has 1 aromatic heterocycles. The fourth-order valence-electron chi connectivity index (χ4n) is 2.86. The Hall–Kier alpha value is -2.47. The second-order valence-electron chi connectivity index (χ2n) is 5.72. The third kappa shape index (κ3) is 3.71. The lowest BCUT2D eigenvalue weighted by molar-refractivity contribution is 0.0561. The van der Waals surface area contributed by atoms with Crippen LogP contribution in [0.15, 0.2) is 40.8 Å². The fraction of sp³-hybridized carbons (Fsp3) is 0.389. The topological polar surface area (TPSA) is 55.2 Å². The van der Waals surface area contributed by atoms with E-state index < -0.39 is 5.97 Å². The van der Waals surface area contributed by atoms with Crippen molar-refractivity contribution >= 4 is 11.7 Å². The van der Waals surface area contributed by atoms with Gasteiger partial charge in [0.25, 0.3) is 0 Å². The molecule has 1 fully saturated rings. The number of furan rings is 1. The van der Waals surface area contributed by atoms with E-state index in [1.807, 2.05) is 18.2 Å². The van der Waals surface area contributed by atoms with E-state index in [0.29, 0.717) is 6.54 Å². The minimum absolute atomic E-state index is 0.252. The number of esters is 1. The molecule has 0 radical (unpaired) electrons. The first-order valence-electron chi connectivity index (χ1n) is 7.98. The summed E-state index contributed by atoms with van der Waals surface area (Å²) < 4.78 is 15.5. The van der Waals surface area contributed by atoms with Gasteiger partial charge in [0.05, 0.1) is 20.8 Å². The van der Waals surface area contributed by atoms with Gasteiger partial charge >= 0.3 is 5.97 Å². The molecule has 0 spiro atoms. The SMILES string of the molecule is COC(=O)c1ccc(CN2CCN(c3cccc(OC)c3)CC2)o1. The van der Waals surface area contributed by atoms with Crippen LogP contribution in [0.1, 0.15) is 16.3 Å². The number of carbonyl (C=O) groups excluding carboxylic acids is 1. The molecule has 0 bridgehead atoms. The number of hydrogen-bond donors (Lipinski definition) is 0. The quantitative estimate of drug-likeness (QED) is 0.785. The molecular weight excluding hydrogens is 308 g/mol. The fourth-order valence-corrected chi connectivity index (χ4v) is 2.86. The number of nitrogens with zero attached hydrogens (tertiary/aromatic N) is 2. The van der Waals surface area contributed by atoms with E-state index in [4.69, 9.17) is 9.15 Å². The van der Waals surface area contributed by atoms with Crippen molar-refractivity contribution < 1.29 is 18.7 Å². The highest BCUT2D eigenvalue weighted by Crippen LogP contribution is 2.22. The number of anilines is 1. The van der Waals surface area contributed by atoms with Crippen LogP contribution in [0.2, 0.25) is 0 Å². The summed E-state index contributed by atoms with van der Waals surface area (Å²) in [7, 11) is 3.03. The Bertz CT molecular complexity index is 690. The van der Waals surface area contributed by atoms with Crippen LogP contribution in [0.3, 0.4) is 0 Å². The van der Waals surface area contributed by atoms with Crippen LogP contribution in [0.25, 0.3) is 0 Å². The van der Waals surface area contributed by atoms with Gasteiger partial charge in [-0.25, -0.2) is 4.79 Å². The molecule has 1 aliphatic heterocycles. The van der Waals surface area contributed by atoms with Crippen LogP contribution in [0.4, 0.5) is 5.69 Å². The molecule has 0 unspecified atom stereocenters. The molecule has 0 aliphatic carbocycles. The molecule has 0 amide bonds. The summed E-state index contributed by atoms with van der Waals surface area (Å²) in [4.78, 5) is 16.1. The van der Waals surface area contributed by atoms with Crippen LogP contribution < -0.4 is 9.64 Å². The molecule has 1 aromatic carbocycles. The zero-order valence-corrected chi connectivity index (χ0v) is 14.0. The second kappa shape index (κ2) is 7.40. The molecule has 1 saturated heterocycles. The average molecular weight is 330 g/mol. The Morgan fingerprint density at radius 3 is 2.62 bits per heavy atom. The highest BCUT2D eigenvalue weighted by molar-refractivity contribution is 5.86. The first-order valence-corrected chi connectivity index (χ1v) is 7.98. The van der Waals surface area contributed by atoms with Crippen molar-refractivity contribution in [3.8, 4) is 5.75 Å². The van der Waals surface area contributed by atoms with Gasteiger partial charge in [0.15, 0.2) is 0 Å².